The van der Waals surface area contributed by atoms with Gasteiger partial charge in [0.25, 0.3) is 0 Å². The number of phenolic OH excluding ortho intramolecular Hbond substituents is 1. The summed E-state index contributed by atoms with van der Waals surface area (Å²) in [7, 11) is -3.83. The molecule has 3 atom stereocenters. The number of aromatic hydroxyl groups is 1. The third-order valence-corrected chi connectivity index (χ3v) is 6.64. The van der Waals surface area contributed by atoms with Crippen molar-refractivity contribution < 1.29 is 23.1 Å². The van der Waals surface area contributed by atoms with Crippen molar-refractivity contribution in [1.29, 1.82) is 0 Å². The van der Waals surface area contributed by atoms with E-state index in [1.165, 1.54) is 12.1 Å². The van der Waals surface area contributed by atoms with Gasteiger partial charge in [-0.15, -0.1) is 0 Å². The Kier molecular flexibility index (Phi) is 9.37. The summed E-state index contributed by atoms with van der Waals surface area (Å²) >= 11 is 0. The van der Waals surface area contributed by atoms with Crippen molar-refractivity contribution >= 4 is 21.5 Å². The summed E-state index contributed by atoms with van der Waals surface area (Å²) in [5.74, 6) is -1.12. The molecule has 0 spiro atoms. The lowest BCUT2D eigenvalue weighted by molar-refractivity contribution is -0.123. The van der Waals surface area contributed by atoms with Crippen LogP contribution >= 0.6 is 0 Å². The van der Waals surface area contributed by atoms with Crippen molar-refractivity contribution in [2.75, 3.05) is 12.8 Å². The Bertz CT molecular complexity index is 994. The average Bonchev–Trinajstić information content (AvgIpc) is 2.75. The van der Waals surface area contributed by atoms with Crippen molar-refractivity contribution in [3.63, 3.8) is 0 Å². The van der Waals surface area contributed by atoms with E-state index >= 15 is 0 Å². The molecule has 0 aliphatic heterocycles. The topological polar surface area (TPSA) is 153 Å². The van der Waals surface area contributed by atoms with E-state index in [0.29, 0.717) is 18.5 Å². The number of nitrogens with one attached hydrogen (secondary N) is 1. The van der Waals surface area contributed by atoms with Gasteiger partial charge in [-0.2, -0.15) is 0 Å². The zero-order valence-corrected chi connectivity index (χ0v) is 18.9. The molecule has 2 aromatic carbocycles. The van der Waals surface area contributed by atoms with Gasteiger partial charge in [0.15, 0.2) is 15.6 Å². The third-order valence-electron chi connectivity index (χ3n) is 5.18. The molecule has 2 rings (SSSR count). The molecule has 2 unspecified atom stereocenters. The highest BCUT2D eigenvalue weighted by atomic mass is 32.2. The number of ketones is 1. The Morgan fingerprint density at radius 1 is 0.969 bits per heavy atom. The van der Waals surface area contributed by atoms with Gasteiger partial charge in [-0.25, -0.2) is 8.42 Å². The molecule has 174 valence electrons. The van der Waals surface area contributed by atoms with Crippen LogP contribution in [0.1, 0.15) is 24.0 Å². The molecular weight excluding hydrogens is 430 g/mol. The molecule has 9 heteroatoms. The number of aryl methyl sites for hydroxylation is 1. The Morgan fingerprint density at radius 3 is 2.19 bits per heavy atom. The number of rotatable bonds is 12. The maximum Gasteiger partial charge on any atom is 0.236 e. The standard InChI is InChI=1S/C23H31N3O5S/c1-32(30,31)21(22(28)19(24)14-17-9-11-18(27)12-10-17)15-20(25)23(29)26-13-5-8-16-6-3-2-4-7-16/h2-4,6-7,9-12,19-21,27H,5,8,13-15,24-25H2,1H3,(H,26,29)/t19-,20?,21?/m0/s1. The fourth-order valence-corrected chi connectivity index (χ4v) is 4.50. The molecule has 0 saturated carbocycles. The Morgan fingerprint density at radius 2 is 1.59 bits per heavy atom. The van der Waals surface area contributed by atoms with Crippen LogP contribution in [-0.4, -0.2) is 55.3 Å². The minimum absolute atomic E-state index is 0.0726. The summed E-state index contributed by atoms with van der Waals surface area (Å²) in [5.41, 5.74) is 13.7. The van der Waals surface area contributed by atoms with Crippen LogP contribution in [0.4, 0.5) is 0 Å². The summed E-state index contributed by atoms with van der Waals surface area (Å²) in [4.78, 5) is 25.1. The van der Waals surface area contributed by atoms with Crippen molar-refractivity contribution in [2.24, 2.45) is 11.5 Å². The molecule has 0 aromatic heterocycles. The Labute approximate surface area is 188 Å². The second-order valence-electron chi connectivity index (χ2n) is 7.92. The molecule has 0 aliphatic rings. The van der Waals surface area contributed by atoms with Gasteiger partial charge in [0.05, 0.1) is 12.1 Å². The third kappa shape index (κ3) is 8.07. The van der Waals surface area contributed by atoms with Crippen LogP contribution < -0.4 is 16.8 Å². The number of carbonyl (C=O) groups excluding carboxylic acids is 2. The predicted octanol–water partition coefficient (Wildman–Crippen LogP) is 0.711. The van der Waals surface area contributed by atoms with Crippen molar-refractivity contribution in [2.45, 2.75) is 43.0 Å². The molecule has 8 nitrogen and oxygen atoms in total. The predicted molar refractivity (Wildman–Crippen MR) is 124 cm³/mol. The first-order chi connectivity index (χ1) is 15.1. The van der Waals surface area contributed by atoms with E-state index in [0.717, 1.165) is 18.2 Å². The molecular formula is C23H31N3O5S. The lowest BCUT2D eigenvalue weighted by atomic mass is 9.98. The highest BCUT2D eigenvalue weighted by Gasteiger charge is 2.35. The van der Waals surface area contributed by atoms with Gasteiger partial charge in [-0.1, -0.05) is 42.5 Å². The van der Waals surface area contributed by atoms with Crippen LogP contribution in [0.3, 0.4) is 0 Å². The van der Waals surface area contributed by atoms with Gasteiger partial charge < -0.3 is 21.9 Å². The molecule has 1 amide bonds. The maximum atomic E-state index is 12.8. The largest absolute Gasteiger partial charge is 0.508 e. The number of hydrogen-bond donors (Lipinski definition) is 4. The minimum atomic E-state index is -3.83. The summed E-state index contributed by atoms with van der Waals surface area (Å²) in [6, 6.07) is 13.7. The van der Waals surface area contributed by atoms with Crippen LogP contribution in [-0.2, 0) is 32.3 Å². The number of sulfone groups is 1. The first kappa shape index (κ1) is 25.5. The SMILES string of the molecule is CS(=O)(=O)C(CC(N)C(=O)NCCCc1ccccc1)C(=O)[C@@H](N)Cc1ccc(O)cc1. The molecule has 6 N–H and O–H groups in total. The van der Waals surface area contributed by atoms with E-state index in [1.807, 2.05) is 30.3 Å². The zero-order chi connectivity index (χ0) is 23.7. The summed E-state index contributed by atoms with van der Waals surface area (Å²) < 4.78 is 24.5. The number of nitrogens with two attached hydrogens (primary N) is 2. The fourth-order valence-electron chi connectivity index (χ4n) is 3.34. The van der Waals surface area contributed by atoms with Gasteiger partial charge in [0, 0.05) is 12.8 Å². The number of phenols is 1. The van der Waals surface area contributed by atoms with E-state index in [2.05, 4.69) is 5.32 Å². The molecule has 0 saturated heterocycles. The molecule has 0 bridgehead atoms. The van der Waals surface area contributed by atoms with Crippen LogP contribution in [0.25, 0.3) is 0 Å². The Balaban J connectivity index is 1.91. The van der Waals surface area contributed by atoms with Crippen LogP contribution in [0, 0.1) is 0 Å². The van der Waals surface area contributed by atoms with Crippen molar-refractivity contribution in [3.05, 3.63) is 65.7 Å². The minimum Gasteiger partial charge on any atom is -0.508 e. The first-order valence-corrected chi connectivity index (χ1v) is 12.4. The fraction of sp³-hybridized carbons (Fsp3) is 0.391. The molecule has 0 fully saturated rings. The monoisotopic (exact) mass is 461 g/mol. The summed E-state index contributed by atoms with van der Waals surface area (Å²) in [6.07, 6.45) is 2.19. The average molecular weight is 462 g/mol. The molecule has 0 heterocycles. The van der Waals surface area contributed by atoms with E-state index in [-0.39, 0.29) is 18.6 Å². The van der Waals surface area contributed by atoms with E-state index in [4.69, 9.17) is 11.5 Å². The number of Topliss-reactive ketones (excluding diaryl/α,β-unsaturated/α-hetero) is 1. The second kappa shape index (κ2) is 11.8. The normalized spacial score (nSPS) is 14.3. The van der Waals surface area contributed by atoms with E-state index < -0.39 is 38.9 Å². The van der Waals surface area contributed by atoms with Gasteiger partial charge >= 0.3 is 0 Å². The van der Waals surface area contributed by atoms with Crippen molar-refractivity contribution in [3.8, 4) is 5.75 Å². The second-order valence-corrected chi connectivity index (χ2v) is 10.1. The highest BCUT2D eigenvalue weighted by molar-refractivity contribution is 7.92. The van der Waals surface area contributed by atoms with Crippen LogP contribution in [0.2, 0.25) is 0 Å². The first-order valence-electron chi connectivity index (χ1n) is 10.4. The number of hydrogen-bond acceptors (Lipinski definition) is 7. The van der Waals surface area contributed by atoms with Gasteiger partial charge in [0.2, 0.25) is 5.91 Å². The number of amides is 1. The molecule has 0 radical (unpaired) electrons. The smallest absolute Gasteiger partial charge is 0.236 e. The lowest BCUT2D eigenvalue weighted by Gasteiger charge is -2.21. The van der Waals surface area contributed by atoms with Crippen LogP contribution in [0.15, 0.2) is 54.6 Å². The van der Waals surface area contributed by atoms with E-state index in [1.54, 1.807) is 12.1 Å². The quantitative estimate of drug-likeness (QED) is 0.340. The van der Waals surface area contributed by atoms with Crippen LogP contribution in [0.5, 0.6) is 5.75 Å². The maximum absolute atomic E-state index is 12.8. The zero-order valence-electron chi connectivity index (χ0n) is 18.1. The number of benzene rings is 2. The Hall–Kier alpha value is -2.75. The van der Waals surface area contributed by atoms with E-state index in [9.17, 15) is 23.1 Å². The molecule has 2 aromatic rings. The van der Waals surface area contributed by atoms with Gasteiger partial charge in [-0.05, 0) is 48.9 Å². The molecule has 32 heavy (non-hydrogen) atoms. The lowest BCUT2D eigenvalue weighted by Crippen LogP contribution is -2.49. The van der Waals surface area contributed by atoms with Gasteiger partial charge in [0.1, 0.15) is 11.0 Å². The molecule has 0 aliphatic carbocycles. The van der Waals surface area contributed by atoms with Crippen molar-refractivity contribution in [1.82, 2.24) is 5.32 Å². The summed E-state index contributed by atoms with van der Waals surface area (Å²) in [5, 5.41) is 10.6. The highest BCUT2D eigenvalue weighted by Crippen LogP contribution is 2.15. The number of carbonyl (C=O) groups is 2. The summed E-state index contributed by atoms with van der Waals surface area (Å²) in [6.45, 7) is 0.388. The van der Waals surface area contributed by atoms with Gasteiger partial charge in [-0.3, -0.25) is 9.59 Å².